The minimum absolute atomic E-state index is 0.596. The maximum atomic E-state index is 3.57. The van der Waals surface area contributed by atoms with Crippen molar-refractivity contribution in [1.82, 2.24) is 0 Å². The molecular weight excluding hydrogens is 206 g/mol. The normalized spacial score (nSPS) is 10.8. The Morgan fingerprint density at radius 3 is 2.41 bits per heavy atom. The van der Waals surface area contributed by atoms with E-state index in [1.165, 1.54) is 43.4 Å². The lowest BCUT2D eigenvalue weighted by molar-refractivity contribution is 0.645. The highest BCUT2D eigenvalue weighted by Crippen LogP contribution is 2.23. The van der Waals surface area contributed by atoms with Crippen LogP contribution in [0.4, 0.5) is 5.69 Å². The maximum absolute atomic E-state index is 3.57. The molecule has 1 aromatic rings. The van der Waals surface area contributed by atoms with Crippen molar-refractivity contribution in [2.45, 2.75) is 58.8 Å². The molecule has 0 aliphatic carbocycles. The Bertz CT molecular complexity index is 304. The van der Waals surface area contributed by atoms with Crippen LogP contribution >= 0.6 is 0 Å². The van der Waals surface area contributed by atoms with E-state index < -0.39 is 0 Å². The summed E-state index contributed by atoms with van der Waals surface area (Å²) < 4.78 is 0. The van der Waals surface area contributed by atoms with Crippen LogP contribution in [0.5, 0.6) is 0 Å². The highest BCUT2D eigenvalue weighted by molar-refractivity contribution is 5.52. The molecule has 0 unspecified atom stereocenters. The molecule has 0 aromatic heterocycles. The monoisotopic (exact) mass is 233 g/mol. The number of hydrogen-bond donors (Lipinski definition) is 1. The van der Waals surface area contributed by atoms with E-state index in [0.29, 0.717) is 5.92 Å². The number of benzene rings is 1. The van der Waals surface area contributed by atoms with E-state index in [1.54, 1.807) is 0 Å². The van der Waals surface area contributed by atoms with E-state index in [0.717, 1.165) is 6.54 Å². The molecule has 1 heteroatoms. The van der Waals surface area contributed by atoms with Crippen molar-refractivity contribution in [3.05, 3.63) is 29.8 Å². The number of rotatable bonds is 8. The second kappa shape index (κ2) is 8.16. The Kier molecular flexibility index (Phi) is 6.76. The molecule has 0 atom stereocenters. The standard InChI is InChI=1S/C16H27N/c1-4-5-6-7-10-13-17-16-12-9-8-11-15(16)14(2)3/h8-9,11-12,14,17H,4-7,10,13H2,1-3H3. The number of hydrogen-bond acceptors (Lipinski definition) is 1. The van der Waals surface area contributed by atoms with Crippen LogP contribution in [0.25, 0.3) is 0 Å². The number of nitrogens with one attached hydrogen (secondary N) is 1. The van der Waals surface area contributed by atoms with Crippen LogP contribution in [0.3, 0.4) is 0 Å². The molecular formula is C16H27N. The van der Waals surface area contributed by atoms with E-state index in [9.17, 15) is 0 Å². The van der Waals surface area contributed by atoms with E-state index in [1.807, 2.05) is 0 Å². The van der Waals surface area contributed by atoms with Crippen LogP contribution in [0.1, 0.15) is 64.4 Å². The summed E-state index contributed by atoms with van der Waals surface area (Å²) in [4.78, 5) is 0. The SMILES string of the molecule is CCCCCCCNc1ccccc1C(C)C. The Labute approximate surface area is 107 Å². The van der Waals surface area contributed by atoms with Gasteiger partial charge in [0.2, 0.25) is 0 Å². The zero-order chi connectivity index (χ0) is 12.5. The van der Waals surface area contributed by atoms with Crippen LogP contribution < -0.4 is 5.32 Å². The van der Waals surface area contributed by atoms with Gasteiger partial charge in [0, 0.05) is 12.2 Å². The summed E-state index contributed by atoms with van der Waals surface area (Å²) in [6.45, 7) is 7.87. The zero-order valence-corrected chi connectivity index (χ0v) is 11.6. The lowest BCUT2D eigenvalue weighted by Crippen LogP contribution is -2.04. The van der Waals surface area contributed by atoms with Gasteiger partial charge in [-0.25, -0.2) is 0 Å². The van der Waals surface area contributed by atoms with Gasteiger partial charge in [0.1, 0.15) is 0 Å². The van der Waals surface area contributed by atoms with Gasteiger partial charge in [-0.05, 0) is 24.0 Å². The quantitative estimate of drug-likeness (QED) is 0.609. The van der Waals surface area contributed by atoms with Gasteiger partial charge >= 0.3 is 0 Å². The van der Waals surface area contributed by atoms with Crippen LogP contribution in [-0.2, 0) is 0 Å². The molecule has 1 rings (SSSR count). The molecule has 0 saturated carbocycles. The molecule has 0 saturated heterocycles. The van der Waals surface area contributed by atoms with Crippen molar-refractivity contribution in [1.29, 1.82) is 0 Å². The summed E-state index contributed by atoms with van der Waals surface area (Å²) in [5, 5.41) is 3.57. The van der Waals surface area contributed by atoms with E-state index in [-0.39, 0.29) is 0 Å². The molecule has 17 heavy (non-hydrogen) atoms. The van der Waals surface area contributed by atoms with Gasteiger partial charge in [-0.2, -0.15) is 0 Å². The average molecular weight is 233 g/mol. The molecule has 1 nitrogen and oxygen atoms in total. The van der Waals surface area contributed by atoms with E-state index in [4.69, 9.17) is 0 Å². The predicted octanol–water partition coefficient (Wildman–Crippen LogP) is 5.19. The van der Waals surface area contributed by atoms with Gasteiger partial charge in [0.15, 0.2) is 0 Å². The fourth-order valence-electron chi connectivity index (χ4n) is 2.11. The van der Waals surface area contributed by atoms with Crippen molar-refractivity contribution in [2.75, 3.05) is 11.9 Å². The third-order valence-corrected chi connectivity index (χ3v) is 3.18. The maximum Gasteiger partial charge on any atom is 0.0375 e. The van der Waals surface area contributed by atoms with Crippen molar-refractivity contribution in [3.63, 3.8) is 0 Å². The molecule has 0 amide bonds. The van der Waals surface area contributed by atoms with E-state index >= 15 is 0 Å². The largest absolute Gasteiger partial charge is 0.385 e. The summed E-state index contributed by atoms with van der Waals surface area (Å²) in [6, 6.07) is 8.67. The van der Waals surface area contributed by atoms with Crippen LogP contribution in [0, 0.1) is 0 Å². The third kappa shape index (κ3) is 5.25. The summed E-state index contributed by atoms with van der Waals surface area (Å²) in [5.74, 6) is 0.596. The first-order chi connectivity index (χ1) is 8.25. The minimum atomic E-state index is 0.596. The van der Waals surface area contributed by atoms with Gasteiger partial charge in [0.25, 0.3) is 0 Å². The molecule has 96 valence electrons. The first-order valence-electron chi connectivity index (χ1n) is 7.08. The molecule has 0 aliphatic heterocycles. The van der Waals surface area contributed by atoms with Gasteiger partial charge < -0.3 is 5.32 Å². The molecule has 0 bridgehead atoms. The molecule has 1 N–H and O–H groups in total. The van der Waals surface area contributed by atoms with Gasteiger partial charge in [-0.3, -0.25) is 0 Å². The van der Waals surface area contributed by atoms with Crippen LogP contribution in [0.2, 0.25) is 0 Å². The Morgan fingerprint density at radius 1 is 1.00 bits per heavy atom. The summed E-state index contributed by atoms with van der Waals surface area (Å²) in [7, 11) is 0. The predicted molar refractivity (Wildman–Crippen MR) is 77.8 cm³/mol. The lowest BCUT2D eigenvalue weighted by Gasteiger charge is -2.14. The molecule has 1 aromatic carbocycles. The Hall–Kier alpha value is -0.980. The fourth-order valence-corrected chi connectivity index (χ4v) is 2.11. The number of anilines is 1. The van der Waals surface area contributed by atoms with Crippen LogP contribution in [-0.4, -0.2) is 6.54 Å². The minimum Gasteiger partial charge on any atom is -0.385 e. The van der Waals surface area contributed by atoms with Crippen molar-refractivity contribution in [3.8, 4) is 0 Å². The second-order valence-electron chi connectivity index (χ2n) is 5.08. The smallest absolute Gasteiger partial charge is 0.0375 e. The van der Waals surface area contributed by atoms with E-state index in [2.05, 4.69) is 50.4 Å². The first kappa shape index (κ1) is 14.1. The molecule has 0 aliphatic rings. The average Bonchev–Trinajstić information content (AvgIpc) is 2.34. The Balaban J connectivity index is 2.31. The molecule has 0 heterocycles. The number of para-hydroxylation sites is 1. The zero-order valence-electron chi connectivity index (χ0n) is 11.6. The summed E-state index contributed by atoms with van der Waals surface area (Å²) >= 11 is 0. The van der Waals surface area contributed by atoms with Gasteiger partial charge in [-0.15, -0.1) is 0 Å². The fraction of sp³-hybridized carbons (Fsp3) is 0.625. The summed E-state index contributed by atoms with van der Waals surface area (Å²) in [6.07, 6.45) is 6.72. The highest BCUT2D eigenvalue weighted by Gasteiger charge is 2.04. The third-order valence-electron chi connectivity index (χ3n) is 3.18. The lowest BCUT2D eigenvalue weighted by atomic mass is 10.0. The molecule has 0 spiro atoms. The molecule has 0 radical (unpaired) electrons. The summed E-state index contributed by atoms with van der Waals surface area (Å²) in [5.41, 5.74) is 2.75. The van der Waals surface area contributed by atoms with Crippen molar-refractivity contribution in [2.24, 2.45) is 0 Å². The van der Waals surface area contributed by atoms with Gasteiger partial charge in [0.05, 0.1) is 0 Å². The van der Waals surface area contributed by atoms with Crippen molar-refractivity contribution >= 4 is 5.69 Å². The van der Waals surface area contributed by atoms with Crippen LogP contribution in [0.15, 0.2) is 24.3 Å². The first-order valence-corrected chi connectivity index (χ1v) is 7.08. The molecule has 0 fully saturated rings. The second-order valence-corrected chi connectivity index (χ2v) is 5.08. The Morgan fingerprint density at radius 2 is 1.71 bits per heavy atom. The highest BCUT2D eigenvalue weighted by atomic mass is 14.9. The van der Waals surface area contributed by atoms with Gasteiger partial charge in [-0.1, -0.05) is 64.7 Å². The van der Waals surface area contributed by atoms with Crippen molar-refractivity contribution < 1.29 is 0 Å². The topological polar surface area (TPSA) is 12.0 Å². The number of unbranched alkanes of at least 4 members (excludes halogenated alkanes) is 4.